The van der Waals surface area contributed by atoms with Gasteiger partial charge in [-0.25, -0.2) is 9.38 Å². The van der Waals surface area contributed by atoms with Crippen LogP contribution in [-0.4, -0.2) is 29.3 Å². The molecule has 26 heavy (non-hydrogen) atoms. The number of aliphatic imine (C=N–C) groups is 1. The number of guanidine groups is 1. The molecule has 6 nitrogen and oxygen atoms in total. The smallest absolute Gasteiger partial charge is 0.191 e. The Bertz CT molecular complexity index is 691. The fourth-order valence-electron chi connectivity index (χ4n) is 2.61. The molecule has 0 saturated carbocycles. The summed E-state index contributed by atoms with van der Waals surface area (Å²) in [5, 5.41) is 20.6. The molecular weight excluding hydrogens is 335 g/mol. The van der Waals surface area contributed by atoms with Crippen LogP contribution in [0.2, 0.25) is 0 Å². The first-order valence-corrected chi connectivity index (χ1v) is 9.00. The van der Waals surface area contributed by atoms with Crippen LogP contribution in [0.1, 0.15) is 49.5 Å². The Hall–Kier alpha value is -2.41. The largest absolute Gasteiger partial charge is 0.387 e. The lowest BCUT2D eigenvalue weighted by molar-refractivity contribution is 0.180. The molecular formula is C19H27FN4O2. The number of nitrogens with zero attached hydrogens (tertiary/aromatic N) is 2. The van der Waals surface area contributed by atoms with Crippen molar-refractivity contribution in [2.24, 2.45) is 4.99 Å². The van der Waals surface area contributed by atoms with Crippen LogP contribution in [0.15, 0.2) is 33.8 Å². The molecule has 0 aliphatic carbocycles. The zero-order valence-corrected chi connectivity index (χ0v) is 15.6. The molecule has 3 N–H and O–H groups in total. The van der Waals surface area contributed by atoms with Gasteiger partial charge in [0.15, 0.2) is 5.96 Å². The molecule has 142 valence electrons. The fourth-order valence-corrected chi connectivity index (χ4v) is 2.61. The summed E-state index contributed by atoms with van der Waals surface area (Å²) < 4.78 is 18.3. The van der Waals surface area contributed by atoms with Crippen molar-refractivity contribution in [3.63, 3.8) is 0 Å². The first-order valence-electron chi connectivity index (χ1n) is 9.00. The lowest BCUT2D eigenvalue weighted by Gasteiger charge is -2.15. The van der Waals surface area contributed by atoms with Gasteiger partial charge in [0, 0.05) is 25.1 Å². The predicted octanol–water partition coefficient (Wildman–Crippen LogP) is 2.73. The van der Waals surface area contributed by atoms with Gasteiger partial charge in [0.1, 0.15) is 11.6 Å². The highest BCUT2D eigenvalue weighted by Crippen LogP contribution is 2.17. The molecule has 7 heteroatoms. The molecule has 1 unspecified atom stereocenters. The first kappa shape index (κ1) is 19.9. The first-order chi connectivity index (χ1) is 12.6. The Balaban J connectivity index is 2.02. The molecule has 0 aliphatic heterocycles. The van der Waals surface area contributed by atoms with Gasteiger partial charge in [-0.05, 0) is 31.0 Å². The van der Waals surface area contributed by atoms with E-state index in [9.17, 15) is 9.50 Å². The van der Waals surface area contributed by atoms with Gasteiger partial charge in [0.05, 0.1) is 18.3 Å². The summed E-state index contributed by atoms with van der Waals surface area (Å²) in [4.78, 5) is 4.58. The highest BCUT2D eigenvalue weighted by Gasteiger charge is 2.13. The van der Waals surface area contributed by atoms with Crippen molar-refractivity contribution in [2.75, 3.05) is 13.1 Å². The van der Waals surface area contributed by atoms with Crippen molar-refractivity contribution in [3.05, 3.63) is 52.7 Å². The van der Waals surface area contributed by atoms with Gasteiger partial charge in [-0.3, -0.25) is 0 Å². The maximum Gasteiger partial charge on any atom is 0.191 e. The molecule has 1 aromatic carbocycles. The topological polar surface area (TPSA) is 82.7 Å². The molecule has 1 heterocycles. The van der Waals surface area contributed by atoms with E-state index < -0.39 is 6.10 Å². The van der Waals surface area contributed by atoms with Gasteiger partial charge in [0.25, 0.3) is 0 Å². The van der Waals surface area contributed by atoms with E-state index in [-0.39, 0.29) is 12.4 Å². The molecule has 0 spiro atoms. The minimum atomic E-state index is -0.757. The van der Waals surface area contributed by atoms with E-state index in [1.807, 2.05) is 20.8 Å². The van der Waals surface area contributed by atoms with Crippen LogP contribution in [-0.2, 0) is 19.4 Å². The normalized spacial score (nSPS) is 12.9. The van der Waals surface area contributed by atoms with Crippen LogP contribution in [0.5, 0.6) is 0 Å². The van der Waals surface area contributed by atoms with Crippen molar-refractivity contribution in [1.29, 1.82) is 0 Å². The molecule has 0 fully saturated rings. The predicted molar refractivity (Wildman–Crippen MR) is 99.4 cm³/mol. The van der Waals surface area contributed by atoms with Crippen LogP contribution in [0.4, 0.5) is 4.39 Å². The van der Waals surface area contributed by atoms with Gasteiger partial charge in [-0.1, -0.05) is 31.1 Å². The van der Waals surface area contributed by atoms with Crippen LogP contribution in [0, 0.1) is 5.82 Å². The van der Waals surface area contributed by atoms with Crippen molar-refractivity contribution < 1.29 is 14.0 Å². The van der Waals surface area contributed by atoms with E-state index in [0.29, 0.717) is 24.6 Å². The molecule has 0 amide bonds. The average molecular weight is 362 g/mol. The minimum Gasteiger partial charge on any atom is -0.387 e. The number of hydrogen-bond donors (Lipinski definition) is 3. The molecule has 0 saturated heterocycles. The summed E-state index contributed by atoms with van der Waals surface area (Å²) in [5.74, 6) is 1.13. The van der Waals surface area contributed by atoms with E-state index in [1.54, 1.807) is 12.1 Å². The van der Waals surface area contributed by atoms with Gasteiger partial charge in [0.2, 0.25) is 0 Å². The summed E-state index contributed by atoms with van der Waals surface area (Å²) in [7, 11) is 0. The summed E-state index contributed by atoms with van der Waals surface area (Å²) in [5.41, 5.74) is 2.59. The van der Waals surface area contributed by atoms with E-state index in [2.05, 4.69) is 20.8 Å². The minimum absolute atomic E-state index is 0.266. The lowest BCUT2D eigenvalue weighted by atomic mass is 10.1. The van der Waals surface area contributed by atoms with Gasteiger partial charge >= 0.3 is 0 Å². The van der Waals surface area contributed by atoms with Gasteiger partial charge in [-0.2, -0.15) is 0 Å². The van der Waals surface area contributed by atoms with Crippen molar-refractivity contribution in [1.82, 2.24) is 15.8 Å². The zero-order chi connectivity index (χ0) is 18.9. The molecule has 1 aromatic heterocycles. The average Bonchev–Trinajstić information content (AvgIpc) is 3.06. The quantitative estimate of drug-likeness (QED) is 0.497. The maximum absolute atomic E-state index is 13.0. The number of halogens is 1. The number of aromatic nitrogens is 1. The van der Waals surface area contributed by atoms with Crippen LogP contribution in [0.3, 0.4) is 0 Å². The standard InChI is InChI=1S/C19H27FN4O2/c1-4-16-15(18(5-2)26-24-16)11-22-19(21-6-3)23-12-17(25)13-7-9-14(20)10-8-13/h7-10,17,25H,4-6,11-12H2,1-3H3,(H2,21,22,23). The molecule has 0 bridgehead atoms. The Morgan fingerprint density at radius 1 is 1.19 bits per heavy atom. The maximum atomic E-state index is 13.0. The summed E-state index contributed by atoms with van der Waals surface area (Å²) in [6, 6.07) is 5.82. The van der Waals surface area contributed by atoms with Crippen LogP contribution in [0.25, 0.3) is 0 Å². The second kappa shape index (κ2) is 9.91. The van der Waals surface area contributed by atoms with E-state index in [1.165, 1.54) is 12.1 Å². The second-order valence-electron chi connectivity index (χ2n) is 5.88. The summed E-state index contributed by atoms with van der Waals surface area (Å²) in [6.07, 6.45) is 0.805. The van der Waals surface area contributed by atoms with Crippen LogP contribution >= 0.6 is 0 Å². The Labute approximate surface area is 153 Å². The van der Waals surface area contributed by atoms with E-state index >= 15 is 0 Å². The molecule has 2 aromatic rings. The number of aliphatic hydroxyl groups excluding tert-OH is 1. The molecule has 0 radical (unpaired) electrons. The van der Waals surface area contributed by atoms with Gasteiger partial charge < -0.3 is 20.3 Å². The Morgan fingerprint density at radius 3 is 2.54 bits per heavy atom. The van der Waals surface area contributed by atoms with Crippen molar-refractivity contribution in [2.45, 2.75) is 46.3 Å². The molecule has 1 atom stereocenters. The highest BCUT2D eigenvalue weighted by molar-refractivity contribution is 5.79. The zero-order valence-electron chi connectivity index (χ0n) is 15.6. The summed E-state index contributed by atoms with van der Waals surface area (Å²) >= 11 is 0. The van der Waals surface area contributed by atoms with E-state index in [4.69, 9.17) is 4.52 Å². The Kier molecular flexibility index (Phi) is 7.59. The lowest BCUT2D eigenvalue weighted by Crippen LogP contribution is -2.39. The third kappa shape index (κ3) is 5.29. The molecule has 2 rings (SSSR count). The van der Waals surface area contributed by atoms with Gasteiger partial charge in [-0.15, -0.1) is 0 Å². The number of nitrogens with one attached hydrogen (secondary N) is 2. The number of rotatable bonds is 8. The fraction of sp³-hybridized carbons (Fsp3) is 0.474. The summed E-state index contributed by atoms with van der Waals surface area (Å²) in [6.45, 7) is 7.45. The number of hydrogen-bond acceptors (Lipinski definition) is 4. The van der Waals surface area contributed by atoms with Crippen molar-refractivity contribution >= 4 is 5.96 Å². The third-order valence-corrected chi connectivity index (χ3v) is 4.06. The molecule has 0 aliphatic rings. The second-order valence-corrected chi connectivity index (χ2v) is 5.88. The highest BCUT2D eigenvalue weighted by atomic mass is 19.1. The number of aryl methyl sites for hydroxylation is 2. The Morgan fingerprint density at radius 2 is 1.92 bits per heavy atom. The number of aliphatic hydroxyl groups is 1. The SMILES string of the molecule is CCNC(=NCc1c(CC)noc1CC)NCC(O)c1ccc(F)cc1. The number of benzene rings is 1. The monoisotopic (exact) mass is 362 g/mol. The van der Waals surface area contributed by atoms with Crippen molar-refractivity contribution in [3.8, 4) is 0 Å². The third-order valence-electron chi connectivity index (χ3n) is 4.06. The van der Waals surface area contributed by atoms with Crippen LogP contribution < -0.4 is 10.6 Å². The van der Waals surface area contributed by atoms with E-state index in [0.717, 1.165) is 29.9 Å².